The molecule has 0 aromatic carbocycles. The molecule has 1 N–H and O–H groups in total. The van der Waals surface area contributed by atoms with Crippen LogP contribution in [-0.4, -0.2) is 77.5 Å². The molecule has 262 valence electrons. The molecular formula is C35H61Li2NO7S2. The number of nitrogens with one attached hydrogen (secondary N) is 1. The predicted molar refractivity (Wildman–Crippen MR) is 176 cm³/mol. The van der Waals surface area contributed by atoms with E-state index in [1.54, 1.807) is 0 Å². The summed E-state index contributed by atoms with van der Waals surface area (Å²) in [6.07, 6.45) is 16.1. The van der Waals surface area contributed by atoms with E-state index in [9.17, 15) is 22.3 Å². The first-order chi connectivity index (χ1) is 21.3. The number of rotatable bonds is 10. The van der Waals surface area contributed by atoms with Crippen LogP contribution in [0, 0.1) is 35.0 Å². The quantitative estimate of drug-likeness (QED) is 0.227. The molecule has 4 saturated carbocycles. The molecule has 0 spiro atoms. The SMILES string of the molecule is CC1CCC(OC2CCC(C(C)(C)C3CCC(OC4CCC(S(C)(=O)=O)C(C([O-])C5CCCNC5)C4)CC3)CC2)CC1S(=O)[O-].[Li+].[Li+]. The summed E-state index contributed by atoms with van der Waals surface area (Å²) >= 11 is -2.02. The van der Waals surface area contributed by atoms with E-state index in [4.69, 9.17) is 9.47 Å². The molecule has 9 atom stereocenters. The van der Waals surface area contributed by atoms with Crippen LogP contribution in [0.2, 0.25) is 0 Å². The van der Waals surface area contributed by atoms with Crippen molar-refractivity contribution in [3.05, 3.63) is 0 Å². The second kappa shape index (κ2) is 18.7. The van der Waals surface area contributed by atoms with Gasteiger partial charge in [-0.15, -0.1) is 6.10 Å². The molecule has 5 rings (SSSR count). The molecular weight excluding hydrogens is 624 g/mol. The molecule has 1 heterocycles. The molecule has 12 heteroatoms. The average Bonchev–Trinajstić information content (AvgIpc) is 3.02. The number of hydrogen-bond donors (Lipinski definition) is 1. The third kappa shape index (κ3) is 11.1. The van der Waals surface area contributed by atoms with Crippen LogP contribution in [0.25, 0.3) is 0 Å². The molecule has 0 radical (unpaired) electrons. The Bertz CT molecular complexity index is 1080. The fourth-order valence-electron chi connectivity index (χ4n) is 10.0. The first kappa shape index (κ1) is 42.5. The van der Waals surface area contributed by atoms with E-state index >= 15 is 0 Å². The van der Waals surface area contributed by atoms with Gasteiger partial charge in [-0.3, -0.25) is 4.21 Å². The minimum Gasteiger partial charge on any atom is -0.851 e. The smallest absolute Gasteiger partial charge is 0.851 e. The van der Waals surface area contributed by atoms with Gasteiger partial charge in [0.1, 0.15) is 0 Å². The van der Waals surface area contributed by atoms with E-state index < -0.39 is 32.3 Å². The summed E-state index contributed by atoms with van der Waals surface area (Å²) in [6, 6.07) is 0. The number of sulfone groups is 1. The zero-order chi connectivity index (χ0) is 32.4. The summed E-state index contributed by atoms with van der Waals surface area (Å²) in [5, 5.41) is 16.1. The van der Waals surface area contributed by atoms with Crippen LogP contribution in [0.4, 0.5) is 0 Å². The molecule has 5 aliphatic rings. The maximum Gasteiger partial charge on any atom is 1.00 e. The van der Waals surface area contributed by atoms with Crippen molar-refractivity contribution in [3.8, 4) is 0 Å². The standard InChI is InChI=1S/C35H62NO7S2.2Li/c1-23-7-12-30(21-32(23)44(38)39)43-28-15-10-26(11-16-28)35(2,3)25-8-13-27(14-9-25)42-29-17-18-33(45(4,40)41)31(20-29)34(37)24-6-5-19-36-22-24;;/h23-34,36H,5-22H2,1-4H3,(H,38,39);;/q-1;2*+1/p-1. The molecule has 9 unspecified atom stereocenters. The van der Waals surface area contributed by atoms with Gasteiger partial charge in [0.25, 0.3) is 0 Å². The van der Waals surface area contributed by atoms with Crippen molar-refractivity contribution in [3.63, 3.8) is 0 Å². The molecule has 1 saturated heterocycles. The minimum atomic E-state index is -3.27. The Morgan fingerprint density at radius 1 is 0.787 bits per heavy atom. The first-order valence-electron chi connectivity index (χ1n) is 18.3. The van der Waals surface area contributed by atoms with Gasteiger partial charge in [-0.1, -0.05) is 31.9 Å². The third-order valence-electron chi connectivity index (χ3n) is 13.1. The molecule has 47 heavy (non-hydrogen) atoms. The summed E-state index contributed by atoms with van der Waals surface area (Å²) in [7, 11) is -3.27. The van der Waals surface area contributed by atoms with E-state index in [2.05, 4.69) is 19.2 Å². The predicted octanol–water partition coefficient (Wildman–Crippen LogP) is -1.08. The van der Waals surface area contributed by atoms with Gasteiger partial charge < -0.3 is 24.4 Å². The zero-order valence-corrected chi connectivity index (χ0v) is 32.0. The molecule has 4 aliphatic carbocycles. The molecule has 1 aliphatic heterocycles. The van der Waals surface area contributed by atoms with Crippen LogP contribution in [0.3, 0.4) is 0 Å². The van der Waals surface area contributed by atoms with Gasteiger partial charge in [0, 0.05) is 11.5 Å². The van der Waals surface area contributed by atoms with Gasteiger partial charge in [0.2, 0.25) is 0 Å². The normalized spacial score (nSPS) is 40.3. The molecule has 8 nitrogen and oxygen atoms in total. The Labute approximate surface area is 312 Å². The van der Waals surface area contributed by atoms with Crippen molar-refractivity contribution in [2.75, 3.05) is 19.3 Å². The zero-order valence-electron chi connectivity index (χ0n) is 30.3. The Balaban J connectivity index is 0.00000300. The van der Waals surface area contributed by atoms with Gasteiger partial charge in [-0.05, 0) is 151 Å². The van der Waals surface area contributed by atoms with E-state index in [1.807, 2.05) is 6.92 Å². The number of piperidine rings is 1. The average molecular weight is 686 g/mol. The second-order valence-corrected chi connectivity index (χ2v) is 19.7. The van der Waals surface area contributed by atoms with Crippen molar-refractivity contribution in [1.82, 2.24) is 5.32 Å². The summed E-state index contributed by atoms with van der Waals surface area (Å²) in [5.74, 6) is 1.19. The molecule has 0 aromatic heterocycles. The van der Waals surface area contributed by atoms with Gasteiger partial charge in [-0.25, -0.2) is 8.42 Å². The van der Waals surface area contributed by atoms with Crippen LogP contribution < -0.4 is 48.1 Å². The van der Waals surface area contributed by atoms with E-state index in [-0.39, 0.29) is 90.6 Å². The Hall–Kier alpha value is 1.09. The van der Waals surface area contributed by atoms with Gasteiger partial charge >= 0.3 is 37.7 Å². The van der Waals surface area contributed by atoms with Crippen LogP contribution in [-0.2, 0) is 30.4 Å². The second-order valence-electron chi connectivity index (χ2n) is 16.3. The van der Waals surface area contributed by atoms with E-state index in [0.717, 1.165) is 77.2 Å². The fourth-order valence-corrected chi connectivity index (χ4v) is 12.4. The summed E-state index contributed by atoms with van der Waals surface area (Å²) in [4.78, 5) is 0. The molecule has 0 amide bonds. The van der Waals surface area contributed by atoms with Crippen LogP contribution in [0.1, 0.15) is 124 Å². The van der Waals surface area contributed by atoms with Gasteiger partial charge in [0.05, 0.1) is 29.7 Å². The monoisotopic (exact) mass is 685 g/mol. The molecule has 5 fully saturated rings. The van der Waals surface area contributed by atoms with Gasteiger partial charge in [-0.2, -0.15) is 0 Å². The van der Waals surface area contributed by atoms with Crippen molar-refractivity contribution in [2.45, 2.75) is 165 Å². The van der Waals surface area contributed by atoms with Gasteiger partial charge in [0.15, 0.2) is 9.84 Å². The minimum absolute atomic E-state index is 0. The summed E-state index contributed by atoms with van der Waals surface area (Å²) < 4.78 is 61.8. The van der Waals surface area contributed by atoms with E-state index in [0.29, 0.717) is 37.6 Å². The summed E-state index contributed by atoms with van der Waals surface area (Å²) in [5.41, 5.74) is 0.253. The maximum atomic E-state index is 13.6. The van der Waals surface area contributed by atoms with Crippen molar-refractivity contribution < 1.29 is 69.5 Å². The number of hydrogen-bond acceptors (Lipinski definition) is 8. The molecule has 0 bridgehead atoms. The van der Waals surface area contributed by atoms with Crippen molar-refractivity contribution in [2.24, 2.45) is 35.0 Å². The number of ether oxygens (including phenoxy) is 2. The Kier molecular flexibility index (Phi) is 16.9. The Morgan fingerprint density at radius 3 is 1.79 bits per heavy atom. The Morgan fingerprint density at radius 2 is 1.30 bits per heavy atom. The van der Waals surface area contributed by atoms with Crippen molar-refractivity contribution in [1.29, 1.82) is 0 Å². The van der Waals surface area contributed by atoms with Crippen LogP contribution >= 0.6 is 0 Å². The van der Waals surface area contributed by atoms with E-state index in [1.165, 1.54) is 19.1 Å². The van der Waals surface area contributed by atoms with Crippen LogP contribution in [0.5, 0.6) is 0 Å². The largest absolute Gasteiger partial charge is 1.00 e. The fraction of sp³-hybridized carbons (Fsp3) is 1.00. The third-order valence-corrected chi connectivity index (χ3v) is 15.9. The first-order valence-corrected chi connectivity index (χ1v) is 21.4. The van der Waals surface area contributed by atoms with Crippen molar-refractivity contribution >= 4 is 20.9 Å². The molecule has 0 aromatic rings. The summed E-state index contributed by atoms with van der Waals surface area (Å²) in [6.45, 7) is 8.62. The van der Waals surface area contributed by atoms with Crippen LogP contribution in [0.15, 0.2) is 0 Å². The topological polar surface area (TPSA) is 128 Å². The maximum absolute atomic E-state index is 13.6.